The highest BCUT2D eigenvalue weighted by atomic mass is 16.5. The topological polar surface area (TPSA) is 60.4 Å². The predicted molar refractivity (Wildman–Crippen MR) is 62.0 cm³/mol. The van der Waals surface area contributed by atoms with E-state index >= 15 is 0 Å². The van der Waals surface area contributed by atoms with E-state index in [-0.39, 0.29) is 24.4 Å². The summed E-state index contributed by atoms with van der Waals surface area (Å²) in [5.74, 6) is -0.547. The average Bonchev–Trinajstić information content (AvgIpc) is 2.35. The fourth-order valence-electron chi connectivity index (χ4n) is 1.34. The quantitative estimate of drug-likeness (QED) is 0.577. The molecular weight excluding hydrogens is 220 g/mol. The fraction of sp³-hybridized carbons (Fsp3) is 0.308. The Morgan fingerprint density at radius 2 is 1.53 bits per heavy atom. The van der Waals surface area contributed by atoms with Crippen LogP contribution in [0.2, 0.25) is 0 Å². The van der Waals surface area contributed by atoms with Crippen molar-refractivity contribution in [1.82, 2.24) is 0 Å². The van der Waals surface area contributed by atoms with E-state index in [0.29, 0.717) is 11.1 Å². The van der Waals surface area contributed by atoms with E-state index in [1.807, 2.05) is 0 Å². The first-order valence-corrected chi connectivity index (χ1v) is 5.25. The highest BCUT2D eigenvalue weighted by Gasteiger charge is 2.09. The van der Waals surface area contributed by atoms with Gasteiger partial charge in [0.05, 0.1) is 12.7 Å². The molecule has 0 aliphatic rings. The maximum atomic E-state index is 11.6. The van der Waals surface area contributed by atoms with Crippen molar-refractivity contribution in [2.75, 3.05) is 7.11 Å². The summed E-state index contributed by atoms with van der Waals surface area (Å²) in [6.45, 7) is 1.45. The van der Waals surface area contributed by atoms with Gasteiger partial charge in [0.1, 0.15) is 5.78 Å². The van der Waals surface area contributed by atoms with Gasteiger partial charge in [-0.1, -0.05) is 12.1 Å². The minimum absolute atomic E-state index is 0.00969. The van der Waals surface area contributed by atoms with Crippen molar-refractivity contribution in [1.29, 1.82) is 0 Å². The molecular formula is C13H14O4. The number of ether oxygens (including phenoxy) is 1. The van der Waals surface area contributed by atoms with E-state index in [4.69, 9.17) is 0 Å². The molecule has 0 heterocycles. The second-order valence-corrected chi connectivity index (χ2v) is 3.69. The van der Waals surface area contributed by atoms with Gasteiger partial charge in [-0.2, -0.15) is 0 Å². The summed E-state index contributed by atoms with van der Waals surface area (Å²) in [5.41, 5.74) is 0.898. The van der Waals surface area contributed by atoms with Crippen molar-refractivity contribution in [2.45, 2.75) is 19.8 Å². The van der Waals surface area contributed by atoms with E-state index in [2.05, 4.69) is 4.74 Å². The molecule has 0 unspecified atom stereocenters. The largest absolute Gasteiger partial charge is 0.465 e. The van der Waals surface area contributed by atoms with Crippen LogP contribution in [0.1, 0.15) is 40.5 Å². The number of rotatable bonds is 5. The molecule has 17 heavy (non-hydrogen) atoms. The van der Waals surface area contributed by atoms with Crippen molar-refractivity contribution in [2.24, 2.45) is 0 Å². The molecule has 0 N–H and O–H groups in total. The van der Waals surface area contributed by atoms with Gasteiger partial charge in [0.25, 0.3) is 0 Å². The van der Waals surface area contributed by atoms with Gasteiger partial charge >= 0.3 is 5.97 Å². The minimum Gasteiger partial charge on any atom is -0.465 e. The molecule has 0 aliphatic carbocycles. The van der Waals surface area contributed by atoms with E-state index < -0.39 is 5.97 Å². The first-order valence-electron chi connectivity index (χ1n) is 5.25. The zero-order valence-corrected chi connectivity index (χ0v) is 9.86. The lowest BCUT2D eigenvalue weighted by Crippen LogP contribution is -2.04. The van der Waals surface area contributed by atoms with Gasteiger partial charge < -0.3 is 9.53 Å². The van der Waals surface area contributed by atoms with Gasteiger partial charge in [0.15, 0.2) is 5.78 Å². The van der Waals surface area contributed by atoms with Crippen molar-refractivity contribution in [3.63, 3.8) is 0 Å². The van der Waals surface area contributed by atoms with E-state index in [1.54, 1.807) is 12.1 Å². The Kier molecular flexibility index (Phi) is 4.57. The third kappa shape index (κ3) is 3.83. The van der Waals surface area contributed by atoms with Crippen LogP contribution in [0.25, 0.3) is 0 Å². The van der Waals surface area contributed by atoms with Crippen molar-refractivity contribution in [3.05, 3.63) is 35.4 Å². The molecule has 0 amide bonds. The number of hydrogen-bond donors (Lipinski definition) is 0. The minimum atomic E-state index is -0.437. The molecule has 0 radical (unpaired) electrons. The van der Waals surface area contributed by atoms with Crippen molar-refractivity contribution >= 4 is 17.5 Å². The monoisotopic (exact) mass is 234 g/mol. The van der Waals surface area contributed by atoms with E-state index in [9.17, 15) is 14.4 Å². The van der Waals surface area contributed by atoms with Crippen molar-refractivity contribution in [3.8, 4) is 0 Å². The number of methoxy groups -OCH3 is 1. The zero-order chi connectivity index (χ0) is 12.8. The zero-order valence-electron chi connectivity index (χ0n) is 9.86. The molecule has 0 saturated carbocycles. The molecule has 0 atom stereocenters. The molecule has 4 heteroatoms. The number of carbonyl (C=O) groups excluding carboxylic acids is 3. The summed E-state index contributed by atoms with van der Waals surface area (Å²) in [4.78, 5) is 33.5. The van der Waals surface area contributed by atoms with Crippen molar-refractivity contribution < 1.29 is 19.1 Å². The van der Waals surface area contributed by atoms with Crippen LogP contribution in [0.5, 0.6) is 0 Å². The van der Waals surface area contributed by atoms with Gasteiger partial charge in [-0.25, -0.2) is 4.79 Å². The highest BCUT2D eigenvalue weighted by molar-refractivity contribution is 5.99. The lowest BCUT2D eigenvalue weighted by atomic mass is 10.0. The molecule has 0 aliphatic heterocycles. The number of Topliss-reactive ketones (excluding diaryl/α,β-unsaturated/α-hetero) is 2. The smallest absolute Gasteiger partial charge is 0.337 e. The molecule has 0 aromatic heterocycles. The number of carbonyl (C=O) groups is 3. The van der Waals surface area contributed by atoms with Crippen LogP contribution in [0.15, 0.2) is 24.3 Å². The Labute approximate surface area is 99.6 Å². The third-order valence-electron chi connectivity index (χ3n) is 2.33. The molecule has 90 valence electrons. The fourth-order valence-corrected chi connectivity index (χ4v) is 1.34. The van der Waals surface area contributed by atoms with Gasteiger partial charge in [0, 0.05) is 18.4 Å². The average molecular weight is 234 g/mol. The van der Waals surface area contributed by atoms with Gasteiger partial charge in [-0.3, -0.25) is 4.79 Å². The van der Waals surface area contributed by atoms with Crippen LogP contribution < -0.4 is 0 Å². The van der Waals surface area contributed by atoms with Crippen LogP contribution >= 0.6 is 0 Å². The molecule has 0 bridgehead atoms. The predicted octanol–water partition coefficient (Wildman–Crippen LogP) is 2.03. The molecule has 1 aromatic carbocycles. The Morgan fingerprint density at radius 3 is 2.00 bits per heavy atom. The number of esters is 1. The first kappa shape index (κ1) is 13.1. The van der Waals surface area contributed by atoms with Gasteiger partial charge in [0.2, 0.25) is 0 Å². The second-order valence-electron chi connectivity index (χ2n) is 3.69. The van der Waals surface area contributed by atoms with E-state index in [0.717, 1.165) is 0 Å². The van der Waals surface area contributed by atoms with Crippen LogP contribution in [-0.2, 0) is 9.53 Å². The highest BCUT2D eigenvalue weighted by Crippen LogP contribution is 2.09. The number of ketones is 2. The first-order chi connectivity index (χ1) is 8.04. The summed E-state index contributed by atoms with van der Waals surface area (Å²) < 4.78 is 4.55. The van der Waals surface area contributed by atoms with E-state index in [1.165, 1.54) is 26.2 Å². The van der Waals surface area contributed by atoms with Crippen LogP contribution in [0.4, 0.5) is 0 Å². The second kappa shape index (κ2) is 5.94. The molecule has 0 spiro atoms. The van der Waals surface area contributed by atoms with Gasteiger partial charge in [-0.05, 0) is 19.1 Å². The summed E-state index contributed by atoms with van der Waals surface area (Å²) in [6, 6.07) is 6.20. The number of benzene rings is 1. The van der Waals surface area contributed by atoms with Crippen LogP contribution in [0.3, 0.4) is 0 Å². The Morgan fingerprint density at radius 1 is 1.00 bits per heavy atom. The molecule has 1 rings (SSSR count). The van der Waals surface area contributed by atoms with Crippen LogP contribution in [0, 0.1) is 0 Å². The number of hydrogen-bond acceptors (Lipinski definition) is 4. The maximum absolute atomic E-state index is 11.6. The SMILES string of the molecule is COC(=O)c1ccc(C(=O)CCC(C)=O)cc1. The summed E-state index contributed by atoms with van der Waals surface area (Å²) >= 11 is 0. The molecule has 1 aromatic rings. The lowest BCUT2D eigenvalue weighted by molar-refractivity contribution is -0.116. The third-order valence-corrected chi connectivity index (χ3v) is 2.33. The normalized spacial score (nSPS) is 9.76. The summed E-state index contributed by atoms with van der Waals surface area (Å²) in [5, 5.41) is 0. The standard InChI is InChI=1S/C13H14O4/c1-9(14)3-8-12(15)10-4-6-11(7-5-10)13(16)17-2/h4-7H,3,8H2,1-2H3. The Hall–Kier alpha value is -1.97. The maximum Gasteiger partial charge on any atom is 0.337 e. The molecule has 0 saturated heterocycles. The summed E-state index contributed by atoms with van der Waals surface area (Å²) in [7, 11) is 1.30. The molecule has 0 fully saturated rings. The Balaban J connectivity index is 2.70. The van der Waals surface area contributed by atoms with Gasteiger partial charge in [-0.15, -0.1) is 0 Å². The lowest BCUT2D eigenvalue weighted by Gasteiger charge is -2.02. The molecule has 4 nitrogen and oxygen atoms in total. The summed E-state index contributed by atoms with van der Waals surface area (Å²) in [6.07, 6.45) is 0.449. The van der Waals surface area contributed by atoms with Crippen LogP contribution in [-0.4, -0.2) is 24.6 Å². The Bertz CT molecular complexity index is 431.